The van der Waals surface area contributed by atoms with Crippen LogP contribution in [0.2, 0.25) is 0 Å². The van der Waals surface area contributed by atoms with Gasteiger partial charge >= 0.3 is 5.97 Å². The predicted molar refractivity (Wildman–Crippen MR) is 73.7 cm³/mol. The second-order valence-corrected chi connectivity index (χ2v) is 6.41. The molecule has 8 heteroatoms. The Morgan fingerprint density at radius 1 is 1.40 bits per heavy atom. The van der Waals surface area contributed by atoms with Gasteiger partial charge in [0, 0.05) is 13.6 Å². The molecule has 7 nitrogen and oxygen atoms in total. The van der Waals surface area contributed by atoms with Crippen molar-refractivity contribution in [2.75, 3.05) is 20.2 Å². The van der Waals surface area contributed by atoms with Crippen LogP contribution in [0.3, 0.4) is 0 Å². The lowest BCUT2D eigenvalue weighted by atomic mass is 10.4. The largest absolute Gasteiger partial charge is 0.468 e. The first-order valence-corrected chi connectivity index (χ1v) is 7.76. The van der Waals surface area contributed by atoms with Crippen molar-refractivity contribution in [1.29, 1.82) is 0 Å². The molecule has 0 aliphatic heterocycles. The normalized spacial score (nSPS) is 11.9. The molecule has 0 radical (unpaired) electrons. The van der Waals surface area contributed by atoms with E-state index in [1.807, 2.05) is 6.92 Å². The SMILES string of the molecule is CCCN(CC(=O)OC)S(=O)(=O)c1c(C)nn(C)c1C. The van der Waals surface area contributed by atoms with Gasteiger partial charge in [0.15, 0.2) is 0 Å². The van der Waals surface area contributed by atoms with Crippen LogP contribution in [0.5, 0.6) is 0 Å². The van der Waals surface area contributed by atoms with E-state index in [-0.39, 0.29) is 18.0 Å². The number of ether oxygens (including phenoxy) is 1. The summed E-state index contributed by atoms with van der Waals surface area (Å²) in [4.78, 5) is 11.6. The fourth-order valence-corrected chi connectivity index (χ4v) is 3.87. The molecule has 114 valence electrons. The monoisotopic (exact) mass is 303 g/mol. The van der Waals surface area contributed by atoms with Gasteiger partial charge in [0.25, 0.3) is 0 Å². The van der Waals surface area contributed by atoms with Crippen molar-refractivity contribution in [3.63, 3.8) is 0 Å². The molecule has 1 heterocycles. The molecule has 0 aliphatic carbocycles. The molecular weight excluding hydrogens is 282 g/mol. The summed E-state index contributed by atoms with van der Waals surface area (Å²) in [6.07, 6.45) is 0.606. The number of esters is 1. The summed E-state index contributed by atoms with van der Waals surface area (Å²) >= 11 is 0. The van der Waals surface area contributed by atoms with Crippen molar-refractivity contribution >= 4 is 16.0 Å². The molecule has 0 fully saturated rings. The number of hydrogen-bond donors (Lipinski definition) is 0. The number of aryl methyl sites for hydroxylation is 2. The first kappa shape index (κ1) is 16.6. The lowest BCUT2D eigenvalue weighted by Crippen LogP contribution is -2.37. The Bertz CT molecular complexity index is 592. The fraction of sp³-hybridized carbons (Fsp3) is 0.667. The van der Waals surface area contributed by atoms with E-state index in [4.69, 9.17) is 0 Å². The maximum absolute atomic E-state index is 12.7. The summed E-state index contributed by atoms with van der Waals surface area (Å²) in [6.45, 7) is 5.14. The Morgan fingerprint density at radius 3 is 2.40 bits per heavy atom. The summed E-state index contributed by atoms with van der Waals surface area (Å²) in [5, 5.41) is 4.11. The third kappa shape index (κ3) is 3.18. The zero-order valence-electron chi connectivity index (χ0n) is 12.5. The Kier molecular flexibility index (Phi) is 5.29. The molecule has 0 saturated heterocycles. The summed E-state index contributed by atoms with van der Waals surface area (Å²) in [5.41, 5.74) is 0.976. The number of carbonyl (C=O) groups is 1. The highest BCUT2D eigenvalue weighted by Gasteiger charge is 2.31. The zero-order chi connectivity index (χ0) is 15.5. The summed E-state index contributed by atoms with van der Waals surface area (Å²) in [7, 11) is -0.838. The molecule has 0 saturated carbocycles. The molecule has 0 spiro atoms. The Morgan fingerprint density at radius 2 is 2.00 bits per heavy atom. The van der Waals surface area contributed by atoms with Crippen LogP contribution in [0.25, 0.3) is 0 Å². The number of aromatic nitrogens is 2. The van der Waals surface area contributed by atoms with Gasteiger partial charge in [-0.1, -0.05) is 6.92 Å². The van der Waals surface area contributed by atoms with E-state index in [9.17, 15) is 13.2 Å². The Balaban J connectivity index is 3.26. The van der Waals surface area contributed by atoms with E-state index in [1.54, 1.807) is 20.9 Å². The Hall–Kier alpha value is -1.41. The molecule has 20 heavy (non-hydrogen) atoms. The minimum atomic E-state index is -3.76. The minimum Gasteiger partial charge on any atom is -0.468 e. The van der Waals surface area contributed by atoms with Gasteiger partial charge in [-0.05, 0) is 20.3 Å². The van der Waals surface area contributed by atoms with Crippen molar-refractivity contribution in [1.82, 2.24) is 14.1 Å². The van der Waals surface area contributed by atoms with Gasteiger partial charge in [0.1, 0.15) is 11.4 Å². The highest BCUT2D eigenvalue weighted by Crippen LogP contribution is 2.23. The molecule has 1 aromatic heterocycles. The summed E-state index contributed by atoms with van der Waals surface area (Å²) in [5.74, 6) is -0.582. The number of nitrogens with zero attached hydrogens (tertiary/aromatic N) is 3. The molecule has 0 atom stereocenters. The Labute approximate surface area is 119 Å². The average molecular weight is 303 g/mol. The van der Waals surface area contributed by atoms with E-state index in [0.29, 0.717) is 17.8 Å². The molecule has 0 unspecified atom stereocenters. The molecule has 0 bridgehead atoms. The molecule has 0 aliphatic rings. The highest BCUT2D eigenvalue weighted by molar-refractivity contribution is 7.89. The van der Waals surface area contributed by atoms with Crippen LogP contribution in [-0.2, 0) is 26.6 Å². The van der Waals surface area contributed by atoms with E-state index >= 15 is 0 Å². The number of sulfonamides is 1. The predicted octanol–water partition coefficient (Wildman–Crippen LogP) is 0.611. The van der Waals surface area contributed by atoms with Crippen LogP contribution in [0.15, 0.2) is 4.90 Å². The zero-order valence-corrected chi connectivity index (χ0v) is 13.3. The smallest absolute Gasteiger partial charge is 0.321 e. The first-order chi connectivity index (χ1) is 9.25. The van der Waals surface area contributed by atoms with Crippen molar-refractivity contribution in [3.05, 3.63) is 11.4 Å². The fourth-order valence-electron chi connectivity index (χ4n) is 2.00. The number of methoxy groups -OCH3 is 1. The molecule has 0 N–H and O–H groups in total. The highest BCUT2D eigenvalue weighted by atomic mass is 32.2. The van der Waals surface area contributed by atoms with E-state index in [2.05, 4.69) is 9.84 Å². The average Bonchev–Trinajstić information content (AvgIpc) is 2.62. The van der Waals surface area contributed by atoms with Crippen LogP contribution in [0.1, 0.15) is 24.7 Å². The second-order valence-electron chi connectivity index (χ2n) is 4.54. The van der Waals surface area contributed by atoms with Gasteiger partial charge in [0.2, 0.25) is 10.0 Å². The third-order valence-corrected chi connectivity index (χ3v) is 5.14. The molecule has 1 rings (SSSR count). The quantitative estimate of drug-likeness (QED) is 0.719. The number of hydrogen-bond acceptors (Lipinski definition) is 5. The minimum absolute atomic E-state index is 0.164. The third-order valence-electron chi connectivity index (χ3n) is 3.05. The standard InChI is InChI=1S/C12H21N3O4S/c1-6-7-15(8-11(16)19-5)20(17,18)12-9(2)13-14(4)10(12)3/h6-8H2,1-5H3. The maximum atomic E-state index is 12.7. The maximum Gasteiger partial charge on any atom is 0.321 e. The van der Waals surface area contributed by atoms with Crippen LogP contribution >= 0.6 is 0 Å². The van der Waals surface area contributed by atoms with E-state index < -0.39 is 16.0 Å². The molecule has 0 amide bonds. The van der Waals surface area contributed by atoms with Crippen LogP contribution in [0.4, 0.5) is 0 Å². The van der Waals surface area contributed by atoms with Gasteiger partial charge < -0.3 is 4.74 Å². The van der Waals surface area contributed by atoms with Crippen molar-refractivity contribution in [2.24, 2.45) is 7.05 Å². The lowest BCUT2D eigenvalue weighted by Gasteiger charge is -2.20. The van der Waals surface area contributed by atoms with Gasteiger partial charge in [0.05, 0.1) is 18.5 Å². The molecule has 1 aromatic rings. The van der Waals surface area contributed by atoms with Gasteiger partial charge in [-0.15, -0.1) is 0 Å². The van der Waals surface area contributed by atoms with Crippen molar-refractivity contribution < 1.29 is 17.9 Å². The first-order valence-electron chi connectivity index (χ1n) is 6.32. The van der Waals surface area contributed by atoms with Crippen LogP contribution < -0.4 is 0 Å². The molecule has 0 aromatic carbocycles. The number of rotatable bonds is 6. The van der Waals surface area contributed by atoms with E-state index in [1.165, 1.54) is 11.8 Å². The van der Waals surface area contributed by atoms with Crippen LogP contribution in [0, 0.1) is 13.8 Å². The van der Waals surface area contributed by atoms with Crippen molar-refractivity contribution in [2.45, 2.75) is 32.1 Å². The van der Waals surface area contributed by atoms with Crippen LogP contribution in [-0.4, -0.2) is 48.7 Å². The number of carbonyl (C=O) groups excluding carboxylic acids is 1. The van der Waals surface area contributed by atoms with Gasteiger partial charge in [-0.2, -0.15) is 9.40 Å². The summed E-state index contributed by atoms with van der Waals surface area (Å²) < 4.78 is 32.6. The lowest BCUT2D eigenvalue weighted by molar-refractivity contribution is -0.140. The summed E-state index contributed by atoms with van der Waals surface area (Å²) in [6, 6.07) is 0. The van der Waals surface area contributed by atoms with Gasteiger partial charge in [-0.25, -0.2) is 8.42 Å². The van der Waals surface area contributed by atoms with E-state index in [0.717, 1.165) is 4.31 Å². The van der Waals surface area contributed by atoms with Crippen molar-refractivity contribution in [3.8, 4) is 0 Å². The molecular formula is C12H21N3O4S. The topological polar surface area (TPSA) is 81.5 Å². The van der Waals surface area contributed by atoms with Gasteiger partial charge in [-0.3, -0.25) is 9.48 Å². The second kappa shape index (κ2) is 6.36.